The van der Waals surface area contributed by atoms with Crippen LogP contribution in [0, 0.1) is 0 Å². The van der Waals surface area contributed by atoms with Crippen molar-refractivity contribution in [3.63, 3.8) is 0 Å². The molecule has 0 aliphatic heterocycles. The first-order valence-corrected chi connectivity index (χ1v) is 39.1. The normalized spacial score (nSPS) is 12.8. The molecule has 0 aliphatic carbocycles. The highest BCUT2D eigenvalue weighted by atomic mass is 28.3. The largest absolute Gasteiger partial charge is 0.179 e. The van der Waals surface area contributed by atoms with E-state index in [-0.39, 0.29) is 21.7 Å². The average Bonchev–Trinajstić information content (AvgIpc) is 0.731. The zero-order valence-electron chi connectivity index (χ0n) is 63.5. The predicted octanol–water partition coefficient (Wildman–Crippen LogP) is 25.6. The van der Waals surface area contributed by atoms with Crippen LogP contribution in [0.2, 0.25) is 0 Å². The van der Waals surface area contributed by atoms with Crippen molar-refractivity contribution < 1.29 is 0 Å². The van der Waals surface area contributed by atoms with E-state index in [1.165, 1.54) is 87.5 Å². The zero-order chi connectivity index (χ0) is 73.6. The Hall–Kier alpha value is -11.2. The van der Waals surface area contributed by atoms with Crippen molar-refractivity contribution in [1.29, 1.82) is 0 Å². The van der Waals surface area contributed by atoms with Crippen LogP contribution < -0.4 is 20.7 Å². The third-order valence-electron chi connectivity index (χ3n) is 20.0. The predicted molar refractivity (Wildman–Crippen MR) is 468 cm³/mol. The Morgan fingerprint density at radius 3 is 0.314 bits per heavy atom. The molecule has 12 aromatic carbocycles. The first-order chi connectivity index (χ1) is 50.4. The van der Waals surface area contributed by atoms with Crippen molar-refractivity contribution >= 4 is 126 Å². The summed E-state index contributed by atoms with van der Waals surface area (Å²) in [6.07, 6.45) is 35.4. The molecular weight excluding hydrogens is 1280 g/mol. The lowest BCUT2D eigenvalue weighted by atomic mass is 9.86. The quantitative estimate of drug-likeness (QED) is 0.0405. The van der Waals surface area contributed by atoms with Crippen LogP contribution in [0.3, 0.4) is 0 Å². The molecule has 1 heteroatoms. The Morgan fingerprint density at radius 2 is 0.219 bits per heavy atom. The van der Waals surface area contributed by atoms with Crippen LogP contribution in [0.15, 0.2) is 291 Å². The summed E-state index contributed by atoms with van der Waals surface area (Å²) < 4.78 is 0. The average molecular weight is 1380 g/mol. The number of hydrogen-bond donors (Lipinski definition) is 0. The maximum absolute atomic E-state index is 3.06. The van der Waals surface area contributed by atoms with Gasteiger partial charge in [0.15, 0.2) is 8.07 Å². The van der Waals surface area contributed by atoms with Gasteiger partial charge >= 0.3 is 0 Å². The van der Waals surface area contributed by atoms with Gasteiger partial charge in [-0.1, -0.05) is 471 Å². The molecule has 0 bridgehead atoms. The first kappa shape index (κ1) is 73.5. The number of hydrogen-bond acceptors (Lipinski definition) is 0. The molecule has 0 aromatic heterocycles. The lowest BCUT2D eigenvalue weighted by Gasteiger charge is -2.35. The van der Waals surface area contributed by atoms with Crippen LogP contribution in [0.25, 0.3) is 97.2 Å². The minimum Gasteiger partial charge on any atom is -0.0613 e. The van der Waals surface area contributed by atoms with Crippen molar-refractivity contribution in [3.8, 4) is 0 Å². The van der Waals surface area contributed by atoms with Gasteiger partial charge in [0.05, 0.1) is 0 Å². The number of benzene rings is 12. The molecule has 0 unspecified atom stereocenters. The summed E-state index contributed by atoms with van der Waals surface area (Å²) in [6.45, 7) is 27.1. The summed E-state index contributed by atoms with van der Waals surface area (Å²) in [5.41, 5.74) is 24.5. The van der Waals surface area contributed by atoms with Gasteiger partial charge in [-0.15, -0.1) is 0 Å². The summed E-state index contributed by atoms with van der Waals surface area (Å²) in [5, 5.41) is 5.23. The fourth-order valence-corrected chi connectivity index (χ4v) is 17.8. The first-order valence-electron chi connectivity index (χ1n) is 37.1. The highest BCUT2D eigenvalue weighted by Crippen LogP contribution is 2.28. The molecule has 0 heterocycles. The van der Waals surface area contributed by atoms with Crippen molar-refractivity contribution in [3.05, 3.63) is 402 Å². The second-order valence-electron chi connectivity index (χ2n) is 32.1. The van der Waals surface area contributed by atoms with Crippen LogP contribution in [0.1, 0.15) is 194 Å². The molecule has 0 radical (unpaired) electrons. The van der Waals surface area contributed by atoms with Gasteiger partial charge in [0.25, 0.3) is 0 Å². The van der Waals surface area contributed by atoms with Crippen molar-refractivity contribution in [2.45, 2.75) is 105 Å². The monoisotopic (exact) mass is 1380 g/mol. The van der Waals surface area contributed by atoms with E-state index in [0.29, 0.717) is 0 Å². The van der Waals surface area contributed by atoms with E-state index in [4.69, 9.17) is 0 Å². The Balaban J connectivity index is 0.854. The lowest BCUT2D eigenvalue weighted by molar-refractivity contribution is 0.590. The van der Waals surface area contributed by atoms with E-state index < -0.39 is 8.07 Å². The molecule has 0 N–H and O–H groups in total. The molecule has 0 spiro atoms. The summed E-state index contributed by atoms with van der Waals surface area (Å²) in [5.74, 6) is 0. The third kappa shape index (κ3) is 19.7. The molecule has 520 valence electrons. The van der Waals surface area contributed by atoms with Crippen molar-refractivity contribution in [1.82, 2.24) is 0 Å². The minimum absolute atomic E-state index is 0.129. The summed E-state index contributed by atoms with van der Waals surface area (Å²) >= 11 is 0. The molecule has 0 nitrogen and oxygen atoms in total. The molecule has 0 saturated heterocycles. The Kier molecular flexibility index (Phi) is 22.8. The second-order valence-corrected chi connectivity index (χ2v) is 35.9. The third-order valence-corrected chi connectivity index (χ3v) is 24.8. The maximum atomic E-state index is 2.40. The molecule has 0 atom stereocenters. The van der Waals surface area contributed by atoms with E-state index in [2.05, 4.69) is 471 Å². The van der Waals surface area contributed by atoms with E-state index in [1.54, 1.807) is 0 Å². The maximum Gasteiger partial charge on any atom is 0.179 e. The molecule has 105 heavy (non-hydrogen) atoms. The highest BCUT2D eigenvalue weighted by molar-refractivity contribution is 7.19. The number of rotatable bonds is 20. The fraction of sp³-hybridized carbons (Fsp3) is 0.154. The van der Waals surface area contributed by atoms with Gasteiger partial charge in [-0.05, 0) is 154 Å². The zero-order valence-corrected chi connectivity index (χ0v) is 64.5. The highest BCUT2D eigenvalue weighted by Gasteiger charge is 2.41. The van der Waals surface area contributed by atoms with Gasteiger partial charge in [-0.3, -0.25) is 0 Å². The van der Waals surface area contributed by atoms with Crippen LogP contribution >= 0.6 is 0 Å². The van der Waals surface area contributed by atoms with Gasteiger partial charge in [-0.2, -0.15) is 0 Å². The van der Waals surface area contributed by atoms with E-state index >= 15 is 0 Å². The van der Waals surface area contributed by atoms with Crippen molar-refractivity contribution in [2.24, 2.45) is 0 Å². The van der Waals surface area contributed by atoms with Gasteiger partial charge in [0, 0.05) is 0 Å². The van der Waals surface area contributed by atoms with Crippen molar-refractivity contribution in [2.75, 3.05) is 0 Å². The topological polar surface area (TPSA) is 0 Å². The Labute approximate surface area is 629 Å². The van der Waals surface area contributed by atoms with Crippen LogP contribution in [0.4, 0.5) is 0 Å². The van der Waals surface area contributed by atoms with Crippen LogP contribution in [-0.4, -0.2) is 8.07 Å². The van der Waals surface area contributed by atoms with Gasteiger partial charge in [-0.25, -0.2) is 0 Å². The van der Waals surface area contributed by atoms with Crippen LogP contribution in [-0.2, 0) is 21.7 Å². The van der Waals surface area contributed by atoms with Gasteiger partial charge < -0.3 is 0 Å². The molecule has 0 amide bonds. The molecule has 0 fully saturated rings. The van der Waals surface area contributed by atoms with Crippen LogP contribution in [0.5, 0.6) is 0 Å². The fourth-order valence-electron chi connectivity index (χ4n) is 13.2. The Bertz CT molecular complexity index is 4410. The summed E-state index contributed by atoms with van der Waals surface area (Å²) in [4.78, 5) is 0. The summed E-state index contributed by atoms with van der Waals surface area (Å²) in [7, 11) is -3.06. The van der Waals surface area contributed by atoms with E-state index in [1.807, 2.05) is 0 Å². The molecular formula is C104H100Si. The van der Waals surface area contributed by atoms with Gasteiger partial charge in [0.1, 0.15) is 0 Å². The minimum atomic E-state index is -3.06. The second kappa shape index (κ2) is 32.6. The summed E-state index contributed by atoms with van der Waals surface area (Å²) in [6, 6.07) is 108. The van der Waals surface area contributed by atoms with Gasteiger partial charge in [0.2, 0.25) is 0 Å². The smallest absolute Gasteiger partial charge is 0.0613 e. The SMILES string of the molecule is CC(C)(C)c1ccc(/C=C/c2ccc(/C=C/c3ccc([Si](c4ccc(/C=C/c5ccc(/C=C/c6ccc(C(C)(C)C)cc6)cc5)cc4)(c4ccc(/C=C/c5ccc(/C=C/c6ccc(C(C)(C)C)cc6)cc5)cc4)c4ccc(/C=C/c5ccc(/C=C/c6ccc(C(C)(C)C)cc6)cc5)cc4)cc3)cc2)cc1. The Morgan fingerprint density at radius 1 is 0.133 bits per heavy atom. The molecule has 12 aromatic rings. The standard InChI is InChI=1S/C104H100Si/c1-101(2,3)93-61-45-85(46-62-93)37-29-77-13-21-81(22-14-77)33-41-89-53-69-97(70-54-89)105(98-71-55-90(56-72-98)42-34-82-23-15-78(16-24-82)30-38-86-47-63-94(64-48-86)102(4,5)6,99-73-57-91(58-74-99)43-35-83-25-17-79(18-26-83)31-39-87-49-65-95(66-50-87)103(7,8)9)100-75-59-92(60-76-100)44-36-84-27-19-80(20-28-84)32-40-88-51-67-96(68-52-88)104(10,11)12/h13-76H,1-12H3/b37-29+,38-30+,39-31+,40-32+,41-33+,42-34+,43-35+,44-36+. The van der Waals surface area contributed by atoms with E-state index in [9.17, 15) is 0 Å². The molecule has 12 rings (SSSR count). The molecule has 0 aliphatic rings. The lowest BCUT2D eigenvalue weighted by Crippen LogP contribution is -2.74. The van der Waals surface area contributed by atoms with E-state index in [0.717, 1.165) is 44.5 Å². The molecule has 0 saturated carbocycles.